The first-order valence-electron chi connectivity index (χ1n) is 6.23. The summed E-state index contributed by atoms with van der Waals surface area (Å²) in [4.78, 5) is 13.0. The fourth-order valence-corrected chi connectivity index (χ4v) is 2.93. The number of carbonyl (C=O) groups is 1. The Morgan fingerprint density at radius 3 is 2.71 bits per heavy atom. The molecule has 1 amide bonds. The summed E-state index contributed by atoms with van der Waals surface area (Å²) < 4.78 is 37.7. The normalized spacial score (nSPS) is 19.2. The first kappa shape index (κ1) is 15.7. The number of anilines is 1. The summed E-state index contributed by atoms with van der Waals surface area (Å²) in [7, 11) is 1.54. The van der Waals surface area contributed by atoms with Crippen LogP contribution in [-0.4, -0.2) is 34.8 Å². The number of thioether (sulfide) groups is 1. The number of hydrogen-bond donors (Lipinski definition) is 2. The summed E-state index contributed by atoms with van der Waals surface area (Å²) in [5.41, 5.74) is -0.343. The van der Waals surface area contributed by atoms with Crippen LogP contribution in [0.5, 0.6) is 0 Å². The SMILES string of the molecule is CN1C(=N)SC(CCNc2cccc(C(F)(F)F)c2)C1=O. The molecular weight excluding hydrogens is 303 g/mol. The molecule has 2 N–H and O–H groups in total. The highest BCUT2D eigenvalue weighted by atomic mass is 32.2. The van der Waals surface area contributed by atoms with Crippen LogP contribution in [0, 0.1) is 5.41 Å². The Hall–Kier alpha value is -1.70. The second-order valence-corrected chi connectivity index (χ2v) is 5.79. The number of nitrogens with one attached hydrogen (secondary N) is 2. The molecule has 8 heteroatoms. The molecule has 0 aliphatic carbocycles. The first-order valence-corrected chi connectivity index (χ1v) is 7.11. The highest BCUT2D eigenvalue weighted by Gasteiger charge is 2.34. The second kappa shape index (κ2) is 5.97. The number of amides is 1. The van der Waals surface area contributed by atoms with E-state index in [1.807, 2.05) is 0 Å². The smallest absolute Gasteiger partial charge is 0.385 e. The topological polar surface area (TPSA) is 56.2 Å². The van der Waals surface area contributed by atoms with Gasteiger partial charge in [-0.1, -0.05) is 17.8 Å². The van der Waals surface area contributed by atoms with E-state index in [0.29, 0.717) is 18.7 Å². The van der Waals surface area contributed by atoms with Crippen LogP contribution in [0.15, 0.2) is 24.3 Å². The molecule has 0 saturated carbocycles. The molecule has 1 saturated heterocycles. The number of benzene rings is 1. The van der Waals surface area contributed by atoms with Crippen LogP contribution in [0.25, 0.3) is 0 Å². The lowest BCUT2D eigenvalue weighted by Gasteiger charge is -2.12. The lowest BCUT2D eigenvalue weighted by Crippen LogP contribution is -2.28. The number of amidine groups is 1. The van der Waals surface area contributed by atoms with Crippen molar-refractivity contribution in [2.24, 2.45) is 0 Å². The van der Waals surface area contributed by atoms with E-state index in [4.69, 9.17) is 5.41 Å². The van der Waals surface area contributed by atoms with Crippen LogP contribution < -0.4 is 5.32 Å². The summed E-state index contributed by atoms with van der Waals surface area (Å²) in [6.45, 7) is 0.367. The molecule has 1 heterocycles. The van der Waals surface area contributed by atoms with Gasteiger partial charge in [-0.3, -0.25) is 15.1 Å². The molecular formula is C13H14F3N3OS. The average Bonchev–Trinajstić information content (AvgIpc) is 2.66. The molecule has 1 aromatic rings. The van der Waals surface area contributed by atoms with E-state index in [2.05, 4.69) is 5.32 Å². The van der Waals surface area contributed by atoms with Gasteiger partial charge < -0.3 is 5.32 Å². The number of hydrogen-bond acceptors (Lipinski definition) is 4. The van der Waals surface area contributed by atoms with Crippen molar-refractivity contribution in [2.45, 2.75) is 17.8 Å². The van der Waals surface area contributed by atoms with Crippen LogP contribution in [0.1, 0.15) is 12.0 Å². The molecule has 1 aliphatic heterocycles. The Labute approximate surface area is 124 Å². The van der Waals surface area contributed by atoms with Crippen molar-refractivity contribution in [3.05, 3.63) is 29.8 Å². The van der Waals surface area contributed by atoms with Crippen LogP contribution in [0.4, 0.5) is 18.9 Å². The number of alkyl halides is 3. The molecule has 0 radical (unpaired) electrons. The minimum absolute atomic E-state index is 0.143. The number of carbonyl (C=O) groups excluding carboxylic acids is 1. The van der Waals surface area contributed by atoms with Gasteiger partial charge in [0.05, 0.1) is 10.8 Å². The predicted molar refractivity (Wildman–Crippen MR) is 76.4 cm³/mol. The second-order valence-electron chi connectivity index (χ2n) is 4.60. The number of nitrogens with zero attached hydrogens (tertiary/aromatic N) is 1. The van der Waals surface area contributed by atoms with Crippen molar-refractivity contribution in [3.8, 4) is 0 Å². The Morgan fingerprint density at radius 1 is 1.43 bits per heavy atom. The Kier molecular flexibility index (Phi) is 4.46. The van der Waals surface area contributed by atoms with Crippen molar-refractivity contribution in [3.63, 3.8) is 0 Å². The summed E-state index contributed by atoms with van der Waals surface area (Å²) in [6, 6.07) is 4.94. The lowest BCUT2D eigenvalue weighted by atomic mass is 10.2. The highest BCUT2D eigenvalue weighted by molar-refractivity contribution is 8.15. The number of halogens is 3. The molecule has 4 nitrogen and oxygen atoms in total. The van der Waals surface area contributed by atoms with Gasteiger partial charge in [-0.15, -0.1) is 0 Å². The van der Waals surface area contributed by atoms with Gasteiger partial charge in [0.2, 0.25) is 5.91 Å². The molecule has 0 aromatic heterocycles. The molecule has 1 aromatic carbocycles. The zero-order valence-electron chi connectivity index (χ0n) is 11.2. The van der Waals surface area contributed by atoms with E-state index in [1.54, 1.807) is 6.07 Å². The van der Waals surface area contributed by atoms with Crippen molar-refractivity contribution < 1.29 is 18.0 Å². The lowest BCUT2D eigenvalue weighted by molar-refractivity contribution is -0.137. The monoisotopic (exact) mass is 317 g/mol. The van der Waals surface area contributed by atoms with Gasteiger partial charge in [0, 0.05) is 19.3 Å². The average molecular weight is 317 g/mol. The van der Waals surface area contributed by atoms with Crippen LogP contribution in [-0.2, 0) is 11.0 Å². The summed E-state index contributed by atoms with van der Waals surface area (Å²) in [5.74, 6) is -0.143. The third-order valence-electron chi connectivity index (χ3n) is 3.09. The molecule has 1 fully saturated rings. The van der Waals surface area contributed by atoms with Gasteiger partial charge in [0.25, 0.3) is 0 Å². The van der Waals surface area contributed by atoms with Crippen molar-refractivity contribution in [2.75, 3.05) is 18.9 Å². The molecule has 1 unspecified atom stereocenters. The quantitative estimate of drug-likeness (QED) is 0.897. The maximum absolute atomic E-state index is 12.6. The maximum atomic E-state index is 12.6. The maximum Gasteiger partial charge on any atom is 0.416 e. The Bertz CT molecular complexity index is 562. The van der Waals surface area contributed by atoms with Crippen LogP contribution >= 0.6 is 11.8 Å². The fourth-order valence-electron chi connectivity index (χ4n) is 1.92. The van der Waals surface area contributed by atoms with Crippen LogP contribution in [0.3, 0.4) is 0 Å². The Balaban J connectivity index is 1.90. The molecule has 1 atom stereocenters. The van der Waals surface area contributed by atoms with E-state index in [1.165, 1.54) is 18.0 Å². The summed E-state index contributed by atoms with van der Waals surface area (Å²) >= 11 is 1.16. The molecule has 21 heavy (non-hydrogen) atoms. The fraction of sp³-hybridized carbons (Fsp3) is 0.385. The Morgan fingerprint density at radius 2 is 2.14 bits per heavy atom. The van der Waals surface area contributed by atoms with Gasteiger partial charge >= 0.3 is 6.18 Å². The molecule has 0 spiro atoms. The minimum Gasteiger partial charge on any atom is -0.385 e. The summed E-state index contributed by atoms with van der Waals surface area (Å²) in [5, 5.41) is 10.3. The van der Waals surface area contributed by atoms with Crippen molar-refractivity contribution >= 4 is 28.5 Å². The van der Waals surface area contributed by atoms with Gasteiger partial charge in [-0.25, -0.2) is 0 Å². The predicted octanol–water partition coefficient (Wildman–Crippen LogP) is 3.02. The van der Waals surface area contributed by atoms with Crippen molar-refractivity contribution in [1.29, 1.82) is 5.41 Å². The van der Waals surface area contributed by atoms with E-state index in [0.717, 1.165) is 23.9 Å². The van der Waals surface area contributed by atoms with E-state index in [-0.39, 0.29) is 16.3 Å². The van der Waals surface area contributed by atoms with E-state index < -0.39 is 11.7 Å². The van der Waals surface area contributed by atoms with Gasteiger partial charge in [0.1, 0.15) is 0 Å². The summed E-state index contributed by atoms with van der Waals surface area (Å²) in [6.07, 6.45) is -3.92. The molecule has 0 bridgehead atoms. The molecule has 1 aliphatic rings. The first-order chi connectivity index (χ1) is 9.79. The highest BCUT2D eigenvalue weighted by Crippen LogP contribution is 2.31. The zero-order chi connectivity index (χ0) is 15.6. The van der Waals surface area contributed by atoms with Crippen molar-refractivity contribution in [1.82, 2.24) is 4.90 Å². The number of rotatable bonds is 4. The van der Waals surface area contributed by atoms with E-state index >= 15 is 0 Å². The standard InChI is InChI=1S/C13H14F3N3OS/c1-19-11(20)10(21-12(19)17)5-6-18-9-4-2-3-8(7-9)13(14,15)16/h2-4,7,10,17-18H,5-6H2,1H3. The molecule has 114 valence electrons. The van der Waals surface area contributed by atoms with E-state index in [9.17, 15) is 18.0 Å². The third kappa shape index (κ3) is 3.69. The zero-order valence-corrected chi connectivity index (χ0v) is 12.0. The third-order valence-corrected chi connectivity index (χ3v) is 4.31. The van der Waals surface area contributed by atoms with Gasteiger partial charge in [0.15, 0.2) is 5.17 Å². The minimum atomic E-state index is -4.37. The van der Waals surface area contributed by atoms with Gasteiger partial charge in [-0.2, -0.15) is 13.2 Å². The largest absolute Gasteiger partial charge is 0.416 e. The molecule has 2 rings (SSSR count). The van der Waals surface area contributed by atoms with Gasteiger partial charge in [-0.05, 0) is 24.6 Å². The van der Waals surface area contributed by atoms with Crippen LogP contribution in [0.2, 0.25) is 0 Å².